The van der Waals surface area contributed by atoms with E-state index in [4.69, 9.17) is 4.74 Å². The molecule has 0 spiro atoms. The van der Waals surface area contributed by atoms with Gasteiger partial charge in [-0.25, -0.2) is 13.9 Å². The minimum Gasteiger partial charge on any atom is -0.448 e. The molecule has 34 heavy (non-hydrogen) atoms. The van der Waals surface area contributed by atoms with E-state index in [2.05, 4.69) is 10.4 Å². The van der Waals surface area contributed by atoms with Gasteiger partial charge >= 0.3 is 12.1 Å². The molecule has 1 unspecified atom stereocenters. The van der Waals surface area contributed by atoms with Crippen molar-refractivity contribution < 1.29 is 31.9 Å². The van der Waals surface area contributed by atoms with Crippen LogP contribution < -0.4 is 5.32 Å². The molecule has 0 fully saturated rings. The largest absolute Gasteiger partial charge is 0.448 e. The van der Waals surface area contributed by atoms with Crippen LogP contribution in [0.15, 0.2) is 48.5 Å². The number of benzene rings is 2. The van der Waals surface area contributed by atoms with Crippen molar-refractivity contribution in [1.82, 2.24) is 9.78 Å². The van der Waals surface area contributed by atoms with Crippen molar-refractivity contribution in [1.29, 1.82) is 0 Å². The van der Waals surface area contributed by atoms with E-state index in [-0.39, 0.29) is 5.69 Å². The lowest BCUT2D eigenvalue weighted by Gasteiger charge is -2.17. The number of para-hydroxylation sites is 1. The molecule has 0 saturated heterocycles. The van der Waals surface area contributed by atoms with Gasteiger partial charge in [0.15, 0.2) is 11.8 Å². The molecule has 1 atom stereocenters. The highest BCUT2D eigenvalue weighted by molar-refractivity contribution is 5.97. The van der Waals surface area contributed by atoms with Crippen LogP contribution in [0.5, 0.6) is 0 Å². The monoisotopic (exact) mass is 475 g/mol. The molecule has 2 aromatic carbocycles. The van der Waals surface area contributed by atoms with Crippen molar-refractivity contribution >= 4 is 17.6 Å². The van der Waals surface area contributed by atoms with E-state index in [1.165, 1.54) is 31.2 Å². The molecule has 10 heteroatoms. The highest BCUT2D eigenvalue weighted by Crippen LogP contribution is 2.34. The zero-order valence-electron chi connectivity index (χ0n) is 18.2. The lowest BCUT2D eigenvalue weighted by Crippen LogP contribution is -2.31. The van der Waals surface area contributed by atoms with Gasteiger partial charge in [-0.15, -0.1) is 0 Å². The average Bonchev–Trinajstić information content (AvgIpc) is 3.19. The topological polar surface area (TPSA) is 73.2 Å². The molecule has 6 nitrogen and oxygen atoms in total. The second-order valence-corrected chi connectivity index (χ2v) is 7.95. The summed E-state index contributed by atoms with van der Waals surface area (Å²) in [5.74, 6) is -2.17. The highest BCUT2D eigenvalue weighted by Gasteiger charge is 2.34. The quantitative estimate of drug-likeness (QED) is 0.412. The fourth-order valence-corrected chi connectivity index (χ4v) is 3.90. The first-order valence-corrected chi connectivity index (χ1v) is 10.7. The number of rotatable bonds is 5. The molecule has 1 aliphatic rings. The maximum atomic E-state index is 13.3. The molecule has 3 aromatic rings. The van der Waals surface area contributed by atoms with Crippen LogP contribution >= 0.6 is 0 Å². The molecule has 4 rings (SSSR count). The van der Waals surface area contributed by atoms with Gasteiger partial charge in [0.1, 0.15) is 5.82 Å². The van der Waals surface area contributed by atoms with Crippen LogP contribution in [0.4, 0.5) is 23.2 Å². The molecule has 0 radical (unpaired) electrons. The van der Waals surface area contributed by atoms with Crippen LogP contribution in [0, 0.1) is 5.82 Å². The first-order valence-electron chi connectivity index (χ1n) is 10.7. The molecule has 0 aliphatic heterocycles. The molecule has 1 N–H and O–H groups in total. The van der Waals surface area contributed by atoms with Crippen LogP contribution in [-0.4, -0.2) is 27.8 Å². The summed E-state index contributed by atoms with van der Waals surface area (Å²) in [5, 5.41) is 6.55. The Morgan fingerprint density at radius 2 is 1.74 bits per heavy atom. The fourth-order valence-electron chi connectivity index (χ4n) is 3.90. The third kappa shape index (κ3) is 4.80. The van der Waals surface area contributed by atoms with Crippen LogP contribution in [0.25, 0.3) is 5.69 Å². The van der Waals surface area contributed by atoms with Gasteiger partial charge in [0.25, 0.3) is 5.91 Å². The van der Waals surface area contributed by atoms with Crippen LogP contribution in [-0.2, 0) is 28.5 Å². The van der Waals surface area contributed by atoms with Crippen molar-refractivity contribution in [2.75, 3.05) is 5.32 Å². The summed E-state index contributed by atoms with van der Waals surface area (Å²) in [6.45, 7) is 1.27. The van der Waals surface area contributed by atoms with Crippen molar-refractivity contribution in [3.8, 4) is 5.69 Å². The maximum absolute atomic E-state index is 13.3. The normalized spacial score (nSPS) is 14.3. The van der Waals surface area contributed by atoms with Gasteiger partial charge in [-0.05, 0) is 69.0 Å². The number of carbonyl (C=O) groups is 2. The molecule has 0 bridgehead atoms. The van der Waals surface area contributed by atoms with Gasteiger partial charge in [0.2, 0.25) is 0 Å². The zero-order valence-corrected chi connectivity index (χ0v) is 18.2. The predicted molar refractivity (Wildman–Crippen MR) is 115 cm³/mol. The Bertz CT molecular complexity index is 1220. The number of anilines is 1. The summed E-state index contributed by atoms with van der Waals surface area (Å²) in [5.41, 5.74) is 0.675. The lowest BCUT2D eigenvalue weighted by atomic mass is 9.95. The van der Waals surface area contributed by atoms with E-state index >= 15 is 0 Å². The van der Waals surface area contributed by atoms with Gasteiger partial charge in [-0.3, -0.25) is 4.79 Å². The standard InChI is InChI=1S/C24H21F4N3O3/c1-14(22(32)29-19-8-4-3-7-18(19)24(26,27)28)34-23(33)21-17-6-2-5-9-20(17)31(30-21)16-12-10-15(25)11-13-16/h3-4,7-8,10-14H,2,5-6,9H2,1H3,(H,29,32). The van der Waals surface area contributed by atoms with Crippen molar-refractivity contribution in [2.45, 2.75) is 44.9 Å². The number of nitrogens with one attached hydrogen (secondary N) is 1. The number of alkyl halides is 3. The smallest absolute Gasteiger partial charge is 0.418 e. The number of fused-ring (bicyclic) bond motifs is 1. The second kappa shape index (κ2) is 9.28. The summed E-state index contributed by atoms with van der Waals surface area (Å²) < 4.78 is 59.7. The lowest BCUT2D eigenvalue weighted by molar-refractivity contribution is -0.137. The number of hydrogen-bond donors (Lipinski definition) is 1. The van der Waals surface area contributed by atoms with Gasteiger partial charge in [0, 0.05) is 11.3 Å². The third-order valence-electron chi connectivity index (χ3n) is 5.59. The van der Waals surface area contributed by atoms with Crippen molar-refractivity contribution in [3.63, 3.8) is 0 Å². The Balaban J connectivity index is 1.54. The number of ether oxygens (including phenoxy) is 1. The Labute approximate surface area is 192 Å². The number of hydrogen-bond acceptors (Lipinski definition) is 4. The molecule has 1 aliphatic carbocycles. The highest BCUT2D eigenvalue weighted by atomic mass is 19.4. The number of nitrogens with zero attached hydrogens (tertiary/aromatic N) is 2. The van der Waals surface area contributed by atoms with E-state index in [0.717, 1.165) is 30.7 Å². The minimum absolute atomic E-state index is 0.0365. The SMILES string of the molecule is CC(OC(=O)c1nn(-c2ccc(F)cc2)c2c1CCCC2)C(=O)Nc1ccccc1C(F)(F)F. The molecule has 1 heterocycles. The fraction of sp³-hybridized carbons (Fsp3) is 0.292. The summed E-state index contributed by atoms with van der Waals surface area (Å²) >= 11 is 0. The van der Waals surface area contributed by atoms with Crippen LogP contribution in [0.3, 0.4) is 0 Å². The number of carbonyl (C=O) groups excluding carboxylic acids is 2. The Hall–Kier alpha value is -3.69. The first-order chi connectivity index (χ1) is 16.1. The summed E-state index contributed by atoms with van der Waals surface area (Å²) in [6, 6.07) is 10.2. The summed E-state index contributed by atoms with van der Waals surface area (Å²) in [4.78, 5) is 25.4. The molecular formula is C24H21F4N3O3. The molecule has 1 aromatic heterocycles. The average molecular weight is 475 g/mol. The number of halogens is 4. The number of esters is 1. The molecule has 0 saturated carbocycles. The molecule has 178 valence electrons. The van der Waals surface area contributed by atoms with E-state index in [9.17, 15) is 27.2 Å². The second-order valence-electron chi connectivity index (χ2n) is 7.95. The predicted octanol–water partition coefficient (Wildman–Crippen LogP) is 5.09. The van der Waals surface area contributed by atoms with Crippen molar-refractivity contribution in [2.24, 2.45) is 0 Å². The number of amides is 1. The third-order valence-corrected chi connectivity index (χ3v) is 5.59. The van der Waals surface area contributed by atoms with Crippen molar-refractivity contribution in [3.05, 3.63) is 76.9 Å². The zero-order chi connectivity index (χ0) is 24.5. The van der Waals surface area contributed by atoms with Crippen LogP contribution in [0.1, 0.15) is 47.1 Å². The Morgan fingerprint density at radius 1 is 1.06 bits per heavy atom. The van der Waals surface area contributed by atoms with Crippen LogP contribution in [0.2, 0.25) is 0 Å². The van der Waals surface area contributed by atoms with E-state index < -0.39 is 41.2 Å². The Kier molecular flexibility index (Phi) is 6.41. The Morgan fingerprint density at radius 3 is 2.44 bits per heavy atom. The number of aromatic nitrogens is 2. The van der Waals surface area contributed by atoms with Gasteiger partial charge in [-0.1, -0.05) is 12.1 Å². The summed E-state index contributed by atoms with van der Waals surface area (Å²) in [6.07, 6.45) is -3.05. The maximum Gasteiger partial charge on any atom is 0.418 e. The minimum atomic E-state index is -4.66. The van der Waals surface area contributed by atoms with Gasteiger partial charge in [-0.2, -0.15) is 18.3 Å². The molecular weight excluding hydrogens is 454 g/mol. The first kappa shape index (κ1) is 23.5. The van der Waals surface area contributed by atoms with Gasteiger partial charge in [0.05, 0.1) is 16.9 Å². The molecule has 1 amide bonds. The summed E-state index contributed by atoms with van der Waals surface area (Å²) in [7, 11) is 0. The van der Waals surface area contributed by atoms with Gasteiger partial charge < -0.3 is 10.1 Å². The van der Waals surface area contributed by atoms with E-state index in [1.54, 1.807) is 16.8 Å². The van der Waals surface area contributed by atoms with E-state index in [1.807, 2.05) is 0 Å². The van der Waals surface area contributed by atoms with E-state index in [0.29, 0.717) is 24.1 Å².